The van der Waals surface area contributed by atoms with Crippen LogP contribution in [-0.2, 0) is 4.79 Å². The minimum atomic E-state index is -0.568. The molecule has 1 heterocycles. The van der Waals surface area contributed by atoms with Crippen molar-refractivity contribution in [2.24, 2.45) is 4.99 Å². The van der Waals surface area contributed by atoms with Crippen LogP contribution in [0.2, 0.25) is 0 Å². The Balaban J connectivity index is 2.41. The van der Waals surface area contributed by atoms with E-state index in [0.717, 1.165) is 11.3 Å². The average molecular weight is 207 g/mol. The van der Waals surface area contributed by atoms with Gasteiger partial charge in [-0.25, -0.2) is 4.99 Å². The van der Waals surface area contributed by atoms with Crippen LogP contribution in [0.4, 0.5) is 5.69 Å². The molecular formula is C10H7ClN2O. The van der Waals surface area contributed by atoms with E-state index in [0.29, 0.717) is 0 Å². The molecule has 0 atom stereocenters. The summed E-state index contributed by atoms with van der Waals surface area (Å²) in [7, 11) is 0. The fourth-order valence-electron chi connectivity index (χ4n) is 1.17. The molecule has 0 bridgehead atoms. The monoisotopic (exact) mass is 206 g/mol. The number of hydrogen-bond donors (Lipinski definition) is 1. The number of carbonyl (C=O) groups excluding carboxylic acids is 1. The molecule has 4 heteroatoms. The second-order valence-electron chi connectivity index (χ2n) is 2.79. The van der Waals surface area contributed by atoms with Gasteiger partial charge >= 0.3 is 0 Å². The highest BCUT2D eigenvalue weighted by Gasteiger charge is 2.07. The van der Waals surface area contributed by atoms with Gasteiger partial charge in [0.2, 0.25) is 0 Å². The molecule has 0 saturated heterocycles. The van der Waals surface area contributed by atoms with Crippen molar-refractivity contribution in [1.82, 2.24) is 0 Å². The van der Waals surface area contributed by atoms with E-state index < -0.39 is 5.24 Å². The molecule has 3 nitrogen and oxygen atoms in total. The maximum Gasteiger partial charge on any atom is 0.272 e. The van der Waals surface area contributed by atoms with Gasteiger partial charge in [-0.1, -0.05) is 18.2 Å². The Bertz CT molecular complexity index is 438. The van der Waals surface area contributed by atoms with Gasteiger partial charge in [0, 0.05) is 23.7 Å². The highest BCUT2D eigenvalue weighted by Crippen LogP contribution is 2.17. The van der Waals surface area contributed by atoms with Crippen molar-refractivity contribution in [2.45, 2.75) is 0 Å². The SMILES string of the molecule is O=C(Cl)C1=CNc2ccccc2C=N1. The standard InChI is InChI=1S/C10H7ClN2O/c11-10(14)9-6-13-8-4-2-1-3-7(8)5-12-9/h1-6,13H. The van der Waals surface area contributed by atoms with Gasteiger partial charge in [0.25, 0.3) is 5.24 Å². The third-order valence-corrected chi connectivity index (χ3v) is 2.06. The third kappa shape index (κ3) is 1.67. The summed E-state index contributed by atoms with van der Waals surface area (Å²) in [4.78, 5) is 14.8. The third-order valence-electron chi connectivity index (χ3n) is 1.87. The normalized spacial score (nSPS) is 13.6. The number of aliphatic imine (C=N–C) groups is 1. The van der Waals surface area contributed by atoms with Gasteiger partial charge in [-0.2, -0.15) is 0 Å². The van der Waals surface area contributed by atoms with Crippen LogP contribution in [0.15, 0.2) is 41.2 Å². The summed E-state index contributed by atoms with van der Waals surface area (Å²) in [5, 5.41) is 2.40. The first-order valence-corrected chi connectivity index (χ1v) is 4.45. The van der Waals surface area contributed by atoms with Crippen LogP contribution in [-0.4, -0.2) is 11.5 Å². The summed E-state index contributed by atoms with van der Waals surface area (Å²) in [6, 6.07) is 7.61. The van der Waals surface area contributed by atoms with Crippen molar-refractivity contribution in [2.75, 3.05) is 5.32 Å². The lowest BCUT2D eigenvalue weighted by Crippen LogP contribution is -1.93. The number of nitrogens with zero attached hydrogens (tertiary/aromatic N) is 1. The zero-order chi connectivity index (χ0) is 9.97. The molecule has 1 aliphatic heterocycles. The number of anilines is 1. The first-order chi connectivity index (χ1) is 6.77. The average Bonchev–Trinajstić information content (AvgIpc) is 2.39. The Morgan fingerprint density at radius 3 is 2.93 bits per heavy atom. The number of para-hydroxylation sites is 1. The number of nitrogens with one attached hydrogen (secondary N) is 1. The summed E-state index contributed by atoms with van der Waals surface area (Å²) >= 11 is 5.31. The van der Waals surface area contributed by atoms with Crippen LogP contribution in [0.1, 0.15) is 5.56 Å². The number of rotatable bonds is 1. The van der Waals surface area contributed by atoms with Gasteiger partial charge in [-0.3, -0.25) is 4.79 Å². The zero-order valence-electron chi connectivity index (χ0n) is 7.20. The molecule has 0 aromatic heterocycles. The van der Waals surface area contributed by atoms with E-state index in [1.807, 2.05) is 24.3 Å². The topological polar surface area (TPSA) is 41.5 Å². The molecule has 1 N–H and O–H groups in total. The minimum absolute atomic E-state index is 0.211. The molecule has 2 rings (SSSR count). The van der Waals surface area contributed by atoms with Crippen molar-refractivity contribution in [3.63, 3.8) is 0 Å². The lowest BCUT2D eigenvalue weighted by atomic mass is 10.2. The van der Waals surface area contributed by atoms with Crippen LogP contribution in [0.3, 0.4) is 0 Å². The van der Waals surface area contributed by atoms with Crippen LogP contribution in [0.5, 0.6) is 0 Å². The van der Waals surface area contributed by atoms with E-state index in [4.69, 9.17) is 11.6 Å². The zero-order valence-corrected chi connectivity index (χ0v) is 7.95. The predicted octanol–water partition coefficient (Wildman–Crippen LogP) is 2.14. The quantitative estimate of drug-likeness (QED) is 0.716. The Morgan fingerprint density at radius 2 is 2.14 bits per heavy atom. The van der Waals surface area contributed by atoms with Crippen LogP contribution in [0.25, 0.3) is 0 Å². The Labute approximate surface area is 86.1 Å². The summed E-state index contributed by atoms with van der Waals surface area (Å²) in [6.07, 6.45) is 3.11. The Hall–Kier alpha value is -1.61. The fourth-order valence-corrected chi connectivity index (χ4v) is 1.27. The van der Waals surface area contributed by atoms with E-state index in [-0.39, 0.29) is 5.70 Å². The van der Waals surface area contributed by atoms with Gasteiger partial charge in [-0.05, 0) is 17.7 Å². The van der Waals surface area contributed by atoms with Gasteiger partial charge in [0.15, 0.2) is 0 Å². The second-order valence-corrected chi connectivity index (χ2v) is 3.14. The predicted molar refractivity (Wildman–Crippen MR) is 56.6 cm³/mol. The molecule has 14 heavy (non-hydrogen) atoms. The molecule has 0 radical (unpaired) electrons. The highest BCUT2D eigenvalue weighted by atomic mass is 35.5. The van der Waals surface area contributed by atoms with Crippen molar-refractivity contribution < 1.29 is 4.79 Å². The summed E-state index contributed by atoms with van der Waals surface area (Å²) < 4.78 is 0. The largest absolute Gasteiger partial charge is 0.359 e. The molecular weight excluding hydrogens is 200 g/mol. The Kier molecular flexibility index (Phi) is 2.33. The van der Waals surface area contributed by atoms with E-state index in [1.54, 1.807) is 6.21 Å². The van der Waals surface area contributed by atoms with Gasteiger partial charge in [-0.15, -0.1) is 0 Å². The molecule has 0 amide bonds. The molecule has 0 spiro atoms. The first-order valence-electron chi connectivity index (χ1n) is 4.07. The smallest absolute Gasteiger partial charge is 0.272 e. The summed E-state index contributed by atoms with van der Waals surface area (Å²) in [5.41, 5.74) is 2.05. The van der Waals surface area contributed by atoms with Crippen LogP contribution in [0, 0.1) is 0 Å². The summed E-state index contributed by atoms with van der Waals surface area (Å²) in [5.74, 6) is 0. The number of allylic oxidation sites excluding steroid dienone is 1. The molecule has 70 valence electrons. The number of carbonyl (C=O) groups is 1. The molecule has 0 fully saturated rings. The molecule has 1 aromatic rings. The van der Waals surface area contributed by atoms with Gasteiger partial charge < -0.3 is 5.32 Å². The van der Waals surface area contributed by atoms with Crippen molar-refractivity contribution >= 4 is 28.7 Å². The molecule has 0 unspecified atom stereocenters. The first kappa shape index (κ1) is 8.97. The minimum Gasteiger partial charge on any atom is -0.359 e. The van der Waals surface area contributed by atoms with E-state index in [9.17, 15) is 4.79 Å². The Morgan fingerprint density at radius 1 is 1.36 bits per heavy atom. The van der Waals surface area contributed by atoms with E-state index in [1.165, 1.54) is 6.20 Å². The second kappa shape index (κ2) is 3.64. The number of halogens is 1. The van der Waals surface area contributed by atoms with Gasteiger partial charge in [0.05, 0.1) is 0 Å². The maximum absolute atomic E-state index is 10.8. The lowest BCUT2D eigenvalue weighted by molar-refractivity contribution is -0.108. The lowest BCUT2D eigenvalue weighted by Gasteiger charge is -2.01. The molecule has 1 aliphatic rings. The molecule has 1 aromatic carbocycles. The number of benzene rings is 1. The highest BCUT2D eigenvalue weighted by molar-refractivity contribution is 6.67. The van der Waals surface area contributed by atoms with Crippen molar-refractivity contribution in [3.05, 3.63) is 41.7 Å². The van der Waals surface area contributed by atoms with Crippen molar-refractivity contribution in [1.29, 1.82) is 0 Å². The van der Waals surface area contributed by atoms with Crippen LogP contribution >= 0.6 is 11.6 Å². The van der Waals surface area contributed by atoms with E-state index in [2.05, 4.69) is 10.3 Å². The maximum atomic E-state index is 10.8. The molecule has 0 saturated carbocycles. The van der Waals surface area contributed by atoms with Gasteiger partial charge in [0.1, 0.15) is 5.70 Å². The summed E-state index contributed by atoms with van der Waals surface area (Å²) in [6.45, 7) is 0. The molecule has 0 aliphatic carbocycles. The van der Waals surface area contributed by atoms with Crippen molar-refractivity contribution in [3.8, 4) is 0 Å². The van der Waals surface area contributed by atoms with Crippen LogP contribution < -0.4 is 5.32 Å². The van der Waals surface area contributed by atoms with E-state index >= 15 is 0 Å². The number of fused-ring (bicyclic) bond motifs is 1. The number of hydrogen-bond acceptors (Lipinski definition) is 3. The fraction of sp³-hybridized carbons (Fsp3) is 0.